The third-order valence-electron chi connectivity index (χ3n) is 4.16. The Balaban J connectivity index is 2.13. The van der Waals surface area contributed by atoms with E-state index in [9.17, 15) is 9.59 Å². The lowest BCUT2D eigenvalue weighted by atomic mass is 9.97. The van der Waals surface area contributed by atoms with Gasteiger partial charge in [-0.1, -0.05) is 11.6 Å². The van der Waals surface area contributed by atoms with Crippen molar-refractivity contribution in [3.05, 3.63) is 28.8 Å². The van der Waals surface area contributed by atoms with Crippen LogP contribution >= 0.6 is 11.6 Å². The van der Waals surface area contributed by atoms with Crippen LogP contribution in [0.1, 0.15) is 32.3 Å². The van der Waals surface area contributed by atoms with Crippen molar-refractivity contribution in [1.82, 2.24) is 4.90 Å². The van der Waals surface area contributed by atoms with Crippen LogP contribution in [0.15, 0.2) is 18.2 Å². The number of hydrogen-bond donors (Lipinski definition) is 1. The van der Waals surface area contributed by atoms with Gasteiger partial charge in [0.15, 0.2) is 11.5 Å². The minimum Gasteiger partial charge on any atom is -0.493 e. The molecule has 1 heterocycles. The van der Waals surface area contributed by atoms with Crippen molar-refractivity contribution in [2.75, 3.05) is 20.2 Å². The Morgan fingerprint density at radius 1 is 1.38 bits per heavy atom. The van der Waals surface area contributed by atoms with E-state index >= 15 is 0 Å². The molecule has 26 heavy (non-hydrogen) atoms. The summed E-state index contributed by atoms with van der Waals surface area (Å²) in [7, 11) is 1.54. The van der Waals surface area contributed by atoms with Gasteiger partial charge in [0, 0.05) is 19.2 Å². The van der Waals surface area contributed by atoms with Crippen LogP contribution in [0.2, 0.25) is 5.02 Å². The standard InChI is InChI=1S/C19H25ClN2O4/c1-12(2)26-18-15(20)9-13(10-16(18)25-3)6-7-17(23)22-8-4-5-14(11-22)19(21)24/h6-7,9-10,12,14H,4-5,8,11H2,1-3H3,(H2,21,24)/b7-6+. The summed E-state index contributed by atoms with van der Waals surface area (Å²) in [6, 6.07) is 3.48. The molecule has 0 aromatic heterocycles. The predicted octanol–water partition coefficient (Wildman–Crippen LogP) is 2.87. The Kier molecular flexibility index (Phi) is 6.91. The van der Waals surface area contributed by atoms with Gasteiger partial charge < -0.3 is 20.1 Å². The second-order valence-electron chi connectivity index (χ2n) is 6.56. The molecule has 6 nitrogen and oxygen atoms in total. The summed E-state index contributed by atoms with van der Waals surface area (Å²) in [6.45, 7) is 4.79. The molecule has 0 spiro atoms. The molecular weight excluding hydrogens is 356 g/mol. The van der Waals surface area contributed by atoms with Crippen LogP contribution in [-0.2, 0) is 9.59 Å². The number of halogens is 1. The van der Waals surface area contributed by atoms with Gasteiger partial charge in [-0.2, -0.15) is 0 Å². The van der Waals surface area contributed by atoms with Crippen LogP contribution in [-0.4, -0.2) is 43.0 Å². The van der Waals surface area contributed by atoms with E-state index < -0.39 is 0 Å². The zero-order valence-electron chi connectivity index (χ0n) is 15.3. The molecule has 2 N–H and O–H groups in total. The first-order valence-corrected chi connectivity index (χ1v) is 9.00. The van der Waals surface area contributed by atoms with E-state index in [1.807, 2.05) is 13.8 Å². The van der Waals surface area contributed by atoms with Gasteiger partial charge in [-0.25, -0.2) is 0 Å². The lowest BCUT2D eigenvalue weighted by Gasteiger charge is -2.30. The smallest absolute Gasteiger partial charge is 0.246 e. The number of carbonyl (C=O) groups is 2. The van der Waals surface area contributed by atoms with E-state index in [1.54, 1.807) is 23.1 Å². The van der Waals surface area contributed by atoms with Crippen molar-refractivity contribution < 1.29 is 19.1 Å². The van der Waals surface area contributed by atoms with Gasteiger partial charge in [-0.05, 0) is 50.5 Å². The van der Waals surface area contributed by atoms with E-state index in [4.69, 9.17) is 26.8 Å². The van der Waals surface area contributed by atoms with E-state index in [2.05, 4.69) is 0 Å². The summed E-state index contributed by atoms with van der Waals surface area (Å²) in [6.07, 6.45) is 4.60. The highest BCUT2D eigenvalue weighted by atomic mass is 35.5. The second kappa shape index (κ2) is 8.94. The molecular formula is C19H25ClN2O4. The van der Waals surface area contributed by atoms with Gasteiger partial charge in [0.2, 0.25) is 11.8 Å². The number of nitrogens with two attached hydrogens (primary N) is 1. The summed E-state index contributed by atoms with van der Waals surface area (Å²) in [5.41, 5.74) is 6.08. The Morgan fingerprint density at radius 3 is 2.73 bits per heavy atom. The highest BCUT2D eigenvalue weighted by Crippen LogP contribution is 2.37. The largest absolute Gasteiger partial charge is 0.493 e. The number of ether oxygens (including phenoxy) is 2. The molecule has 1 aliphatic heterocycles. The first kappa shape index (κ1) is 20.1. The summed E-state index contributed by atoms with van der Waals surface area (Å²) in [4.78, 5) is 25.4. The van der Waals surface area contributed by atoms with E-state index in [-0.39, 0.29) is 23.8 Å². The number of hydrogen-bond acceptors (Lipinski definition) is 4. The molecule has 142 valence electrons. The number of likely N-dealkylation sites (tertiary alicyclic amines) is 1. The third kappa shape index (κ3) is 5.14. The first-order valence-electron chi connectivity index (χ1n) is 8.62. The number of rotatable bonds is 6. The zero-order valence-corrected chi connectivity index (χ0v) is 16.1. The fourth-order valence-electron chi connectivity index (χ4n) is 2.87. The maximum Gasteiger partial charge on any atom is 0.246 e. The number of amides is 2. The van der Waals surface area contributed by atoms with Crippen molar-refractivity contribution in [1.29, 1.82) is 0 Å². The molecule has 1 fully saturated rings. The highest BCUT2D eigenvalue weighted by molar-refractivity contribution is 6.32. The number of primary amides is 1. The Bertz CT molecular complexity index is 703. The Morgan fingerprint density at radius 2 is 2.12 bits per heavy atom. The number of methoxy groups -OCH3 is 1. The van der Waals surface area contributed by atoms with E-state index in [1.165, 1.54) is 13.2 Å². The van der Waals surface area contributed by atoms with E-state index in [0.29, 0.717) is 29.6 Å². The number of benzene rings is 1. The Hall–Kier alpha value is -2.21. The monoisotopic (exact) mass is 380 g/mol. The van der Waals surface area contributed by atoms with Crippen molar-refractivity contribution in [2.24, 2.45) is 11.7 Å². The molecule has 1 saturated heterocycles. The molecule has 1 aliphatic rings. The maximum absolute atomic E-state index is 12.4. The van der Waals surface area contributed by atoms with Crippen molar-refractivity contribution >= 4 is 29.5 Å². The summed E-state index contributed by atoms with van der Waals surface area (Å²) < 4.78 is 11.0. The highest BCUT2D eigenvalue weighted by Gasteiger charge is 2.25. The lowest BCUT2D eigenvalue weighted by molar-refractivity contribution is -0.130. The normalized spacial score (nSPS) is 17.6. The maximum atomic E-state index is 12.4. The zero-order chi connectivity index (χ0) is 19.3. The number of piperidine rings is 1. The van der Waals surface area contributed by atoms with Crippen LogP contribution in [0.25, 0.3) is 6.08 Å². The second-order valence-corrected chi connectivity index (χ2v) is 6.97. The topological polar surface area (TPSA) is 81.9 Å². The van der Waals surface area contributed by atoms with Gasteiger partial charge in [0.1, 0.15) is 0 Å². The fraction of sp³-hybridized carbons (Fsp3) is 0.474. The summed E-state index contributed by atoms with van der Waals surface area (Å²) >= 11 is 6.29. The molecule has 1 unspecified atom stereocenters. The van der Waals surface area contributed by atoms with Gasteiger partial charge in [-0.3, -0.25) is 9.59 Å². The summed E-state index contributed by atoms with van der Waals surface area (Å²) in [5.74, 6) is 0.193. The van der Waals surface area contributed by atoms with Gasteiger partial charge in [0.25, 0.3) is 0 Å². The van der Waals surface area contributed by atoms with E-state index in [0.717, 1.165) is 18.4 Å². The predicted molar refractivity (Wildman–Crippen MR) is 101 cm³/mol. The van der Waals surface area contributed by atoms with Gasteiger partial charge in [-0.15, -0.1) is 0 Å². The van der Waals surface area contributed by atoms with Gasteiger partial charge in [0.05, 0.1) is 24.2 Å². The molecule has 0 radical (unpaired) electrons. The van der Waals surface area contributed by atoms with Crippen LogP contribution in [0, 0.1) is 5.92 Å². The Labute approximate surface area is 158 Å². The van der Waals surface area contributed by atoms with Crippen LogP contribution in [0.4, 0.5) is 0 Å². The number of carbonyl (C=O) groups excluding carboxylic acids is 2. The average molecular weight is 381 g/mol. The van der Waals surface area contributed by atoms with Crippen molar-refractivity contribution in [3.63, 3.8) is 0 Å². The fourth-order valence-corrected chi connectivity index (χ4v) is 3.13. The molecule has 2 amide bonds. The van der Waals surface area contributed by atoms with Crippen molar-refractivity contribution in [3.8, 4) is 11.5 Å². The molecule has 0 saturated carbocycles. The SMILES string of the molecule is COc1cc(/C=C/C(=O)N2CCCC(C(N)=O)C2)cc(Cl)c1OC(C)C. The molecule has 1 atom stereocenters. The molecule has 1 aromatic carbocycles. The number of nitrogens with zero attached hydrogens (tertiary/aromatic N) is 1. The quantitative estimate of drug-likeness (QED) is 0.769. The minimum atomic E-state index is -0.358. The lowest BCUT2D eigenvalue weighted by Crippen LogP contribution is -2.43. The van der Waals surface area contributed by atoms with Crippen molar-refractivity contribution in [2.45, 2.75) is 32.8 Å². The minimum absolute atomic E-state index is 0.0401. The van der Waals surface area contributed by atoms with Crippen LogP contribution in [0.3, 0.4) is 0 Å². The average Bonchev–Trinajstić information content (AvgIpc) is 2.61. The third-order valence-corrected chi connectivity index (χ3v) is 4.44. The summed E-state index contributed by atoms with van der Waals surface area (Å²) in [5, 5.41) is 0.414. The molecule has 0 bridgehead atoms. The van der Waals surface area contributed by atoms with Crippen LogP contribution < -0.4 is 15.2 Å². The molecule has 0 aliphatic carbocycles. The molecule has 2 rings (SSSR count). The van der Waals surface area contributed by atoms with Gasteiger partial charge >= 0.3 is 0 Å². The van der Waals surface area contributed by atoms with Crippen LogP contribution in [0.5, 0.6) is 11.5 Å². The molecule has 1 aromatic rings. The first-order chi connectivity index (χ1) is 12.3. The molecule has 7 heteroatoms.